The molecule has 0 heterocycles. The smallest absolute Gasteiger partial charge is 0.333 e. The van der Waals surface area contributed by atoms with E-state index in [2.05, 4.69) is 6.58 Å². The standard InChI is InChI=1S/C14H13F2O2PS/c1-2-10-20-19(17,18)14(15,16)13-9-5-7-11-6-3-4-8-12(11)13/h2-9H,1,10H2,(H,17,18). The van der Waals surface area contributed by atoms with Crippen LogP contribution in [0.1, 0.15) is 5.56 Å². The van der Waals surface area contributed by atoms with Crippen molar-refractivity contribution in [2.75, 3.05) is 5.75 Å². The maximum atomic E-state index is 14.4. The van der Waals surface area contributed by atoms with Crippen LogP contribution in [0.2, 0.25) is 0 Å². The van der Waals surface area contributed by atoms with Crippen molar-refractivity contribution in [3.63, 3.8) is 0 Å². The first-order valence-electron chi connectivity index (χ1n) is 5.84. The average Bonchev–Trinajstić information content (AvgIpc) is 2.44. The van der Waals surface area contributed by atoms with E-state index < -0.39 is 17.8 Å². The van der Waals surface area contributed by atoms with E-state index in [-0.39, 0.29) is 11.1 Å². The van der Waals surface area contributed by atoms with E-state index in [1.807, 2.05) is 0 Å². The predicted molar refractivity (Wildman–Crippen MR) is 80.3 cm³/mol. The molecule has 1 atom stereocenters. The number of hydrogen-bond donors (Lipinski definition) is 1. The van der Waals surface area contributed by atoms with E-state index in [0.29, 0.717) is 16.8 Å². The number of rotatable bonds is 5. The Morgan fingerprint density at radius 1 is 1.25 bits per heavy atom. The fourth-order valence-corrected chi connectivity index (χ4v) is 4.55. The van der Waals surface area contributed by atoms with E-state index in [0.717, 1.165) is 0 Å². The minimum atomic E-state index is -4.73. The molecule has 0 aliphatic rings. The molecule has 0 saturated heterocycles. The van der Waals surface area contributed by atoms with Gasteiger partial charge in [0.05, 0.1) is 0 Å². The van der Waals surface area contributed by atoms with E-state index in [4.69, 9.17) is 0 Å². The molecule has 2 nitrogen and oxygen atoms in total. The summed E-state index contributed by atoms with van der Waals surface area (Å²) in [4.78, 5) is 9.71. The highest BCUT2D eigenvalue weighted by atomic mass is 32.7. The SMILES string of the molecule is C=CCSP(=O)(O)C(F)(F)c1cccc2ccccc12. The minimum absolute atomic E-state index is 0.00582. The van der Waals surface area contributed by atoms with E-state index in [1.54, 1.807) is 24.3 Å². The molecule has 2 aromatic rings. The van der Waals surface area contributed by atoms with Gasteiger partial charge in [-0.2, -0.15) is 8.78 Å². The zero-order valence-electron chi connectivity index (χ0n) is 10.5. The highest BCUT2D eigenvalue weighted by Crippen LogP contribution is 2.71. The van der Waals surface area contributed by atoms with Crippen molar-refractivity contribution < 1.29 is 18.2 Å². The summed E-state index contributed by atoms with van der Waals surface area (Å²) >= 11 is 0.332. The largest absolute Gasteiger partial charge is 0.356 e. The van der Waals surface area contributed by atoms with Crippen LogP contribution in [0.4, 0.5) is 8.78 Å². The van der Waals surface area contributed by atoms with E-state index >= 15 is 0 Å². The molecule has 0 amide bonds. The van der Waals surface area contributed by atoms with Crippen LogP contribution in [0.15, 0.2) is 55.1 Å². The van der Waals surface area contributed by atoms with Gasteiger partial charge in [0.2, 0.25) is 0 Å². The van der Waals surface area contributed by atoms with Gasteiger partial charge in [-0.15, -0.1) is 6.58 Å². The van der Waals surface area contributed by atoms with Gasteiger partial charge in [0.25, 0.3) is 0 Å². The first-order valence-corrected chi connectivity index (χ1v) is 9.09. The average molecular weight is 314 g/mol. The lowest BCUT2D eigenvalue weighted by Gasteiger charge is -2.23. The second-order valence-corrected chi connectivity index (χ2v) is 8.63. The van der Waals surface area contributed by atoms with Crippen molar-refractivity contribution >= 4 is 28.7 Å². The third-order valence-electron chi connectivity index (χ3n) is 2.84. The molecule has 0 bridgehead atoms. The second-order valence-electron chi connectivity index (χ2n) is 4.17. The summed E-state index contributed by atoms with van der Waals surface area (Å²) in [5.41, 5.74) is -4.22. The fraction of sp³-hybridized carbons (Fsp3) is 0.143. The Bertz CT molecular complexity index is 682. The monoisotopic (exact) mass is 314 g/mol. The molecule has 2 aromatic carbocycles. The number of alkyl halides is 2. The van der Waals surface area contributed by atoms with E-state index in [9.17, 15) is 18.2 Å². The normalized spacial score (nSPS) is 14.9. The summed E-state index contributed by atoms with van der Waals surface area (Å²) in [6.07, 6.45) is 1.33. The summed E-state index contributed by atoms with van der Waals surface area (Å²) in [6, 6.07) is 10.9. The van der Waals surface area contributed by atoms with Crippen LogP contribution >= 0.6 is 18.0 Å². The van der Waals surface area contributed by atoms with Gasteiger partial charge in [-0.3, -0.25) is 4.57 Å². The van der Waals surface area contributed by atoms with Crippen LogP contribution in [0.3, 0.4) is 0 Å². The van der Waals surface area contributed by atoms with Crippen LogP contribution in [-0.4, -0.2) is 10.6 Å². The van der Waals surface area contributed by atoms with Crippen LogP contribution in [-0.2, 0) is 10.2 Å². The number of hydrogen-bond acceptors (Lipinski definition) is 2. The molecule has 0 aromatic heterocycles. The first kappa shape index (κ1) is 15.2. The Morgan fingerprint density at radius 3 is 2.60 bits per heavy atom. The number of benzene rings is 2. The molecule has 1 unspecified atom stereocenters. The predicted octanol–water partition coefficient (Wildman–Crippen LogP) is 4.99. The molecule has 6 heteroatoms. The van der Waals surface area contributed by atoms with Gasteiger partial charge in [0.1, 0.15) is 0 Å². The lowest BCUT2D eigenvalue weighted by molar-refractivity contribution is 0.0810. The van der Waals surface area contributed by atoms with Crippen molar-refractivity contribution in [3.05, 3.63) is 60.7 Å². The Balaban J connectivity index is 2.57. The molecule has 2 rings (SSSR count). The quantitative estimate of drug-likeness (QED) is 0.624. The van der Waals surface area contributed by atoms with Crippen molar-refractivity contribution in [1.29, 1.82) is 0 Å². The maximum Gasteiger partial charge on any atom is 0.356 e. The molecular formula is C14H13F2O2PS. The van der Waals surface area contributed by atoms with Gasteiger partial charge >= 0.3 is 12.2 Å². The molecule has 0 radical (unpaired) electrons. The van der Waals surface area contributed by atoms with E-state index in [1.165, 1.54) is 24.3 Å². The molecule has 0 aliphatic carbocycles. The lowest BCUT2D eigenvalue weighted by atomic mass is 10.1. The molecule has 0 spiro atoms. The highest BCUT2D eigenvalue weighted by Gasteiger charge is 2.51. The van der Waals surface area contributed by atoms with Gasteiger partial charge in [-0.05, 0) is 10.8 Å². The Labute approximate surface area is 119 Å². The summed E-state index contributed by atoms with van der Waals surface area (Å²) in [5.74, 6) is -0.00582. The third-order valence-corrected chi connectivity index (χ3v) is 6.71. The number of halogens is 2. The van der Waals surface area contributed by atoms with Crippen molar-refractivity contribution in [2.45, 2.75) is 5.66 Å². The number of fused-ring (bicyclic) bond motifs is 1. The third kappa shape index (κ3) is 2.66. The van der Waals surface area contributed by atoms with Crippen molar-refractivity contribution in [2.24, 2.45) is 0 Å². The van der Waals surface area contributed by atoms with Crippen LogP contribution in [0.5, 0.6) is 0 Å². The molecule has 106 valence electrons. The minimum Gasteiger partial charge on any atom is -0.333 e. The Kier molecular flexibility index (Phi) is 4.33. The molecular weight excluding hydrogens is 301 g/mol. The molecule has 0 aliphatic heterocycles. The second kappa shape index (κ2) is 5.68. The first-order chi connectivity index (χ1) is 9.40. The Hall–Kier alpha value is -1.16. The molecule has 20 heavy (non-hydrogen) atoms. The highest BCUT2D eigenvalue weighted by molar-refractivity contribution is 8.56. The topological polar surface area (TPSA) is 37.3 Å². The van der Waals surface area contributed by atoms with Gasteiger partial charge in [-0.25, -0.2) is 0 Å². The van der Waals surface area contributed by atoms with Gasteiger partial charge < -0.3 is 4.89 Å². The van der Waals surface area contributed by atoms with Gasteiger partial charge in [0.15, 0.2) is 0 Å². The van der Waals surface area contributed by atoms with Crippen LogP contribution in [0, 0.1) is 0 Å². The summed E-state index contributed by atoms with van der Waals surface area (Å²) in [7, 11) is 0. The molecule has 0 fully saturated rings. The van der Waals surface area contributed by atoms with Gasteiger partial charge in [0, 0.05) is 11.3 Å². The summed E-state index contributed by atoms with van der Waals surface area (Å²) in [5, 5.41) is 0.895. The summed E-state index contributed by atoms with van der Waals surface area (Å²) < 4.78 is 40.8. The zero-order valence-corrected chi connectivity index (χ0v) is 12.2. The van der Waals surface area contributed by atoms with Crippen LogP contribution in [0.25, 0.3) is 10.8 Å². The van der Waals surface area contributed by atoms with Gasteiger partial charge in [-0.1, -0.05) is 59.9 Å². The van der Waals surface area contributed by atoms with Crippen molar-refractivity contribution in [1.82, 2.24) is 0 Å². The lowest BCUT2D eigenvalue weighted by Crippen LogP contribution is -2.13. The van der Waals surface area contributed by atoms with Crippen molar-refractivity contribution in [3.8, 4) is 0 Å². The van der Waals surface area contributed by atoms with Crippen LogP contribution < -0.4 is 0 Å². The zero-order chi connectivity index (χ0) is 14.8. The molecule has 0 saturated carbocycles. The Morgan fingerprint density at radius 2 is 1.90 bits per heavy atom. The summed E-state index contributed by atoms with van der Waals surface area (Å²) in [6.45, 7) is -1.36. The molecule has 1 N–H and O–H groups in total. The fourth-order valence-electron chi connectivity index (χ4n) is 1.87. The maximum absolute atomic E-state index is 14.4.